The van der Waals surface area contributed by atoms with Gasteiger partial charge in [0.2, 0.25) is 0 Å². The first-order chi connectivity index (χ1) is 14.1. The molecule has 0 aromatic heterocycles. The maximum absolute atomic E-state index is 10.8. The van der Waals surface area contributed by atoms with Gasteiger partial charge >= 0.3 is 0 Å². The maximum atomic E-state index is 10.8. The Morgan fingerprint density at radius 2 is 1.70 bits per heavy atom. The van der Waals surface area contributed by atoms with Crippen molar-refractivity contribution in [2.24, 2.45) is 46.3 Å². The van der Waals surface area contributed by atoms with Gasteiger partial charge < -0.3 is 10.2 Å². The van der Waals surface area contributed by atoms with Crippen molar-refractivity contribution in [3.05, 3.63) is 23.3 Å². The minimum Gasteiger partial charge on any atom is -0.393 e. The largest absolute Gasteiger partial charge is 0.393 e. The number of rotatable bonds is 5. The first-order valence-electron chi connectivity index (χ1n) is 12.8. The topological polar surface area (TPSA) is 40.5 Å². The van der Waals surface area contributed by atoms with Gasteiger partial charge in [0.15, 0.2) is 0 Å². The first kappa shape index (κ1) is 22.6. The summed E-state index contributed by atoms with van der Waals surface area (Å²) < 4.78 is 0. The monoisotopic (exact) mass is 414 g/mol. The Bertz CT molecular complexity index is 705. The van der Waals surface area contributed by atoms with Crippen molar-refractivity contribution in [3.8, 4) is 0 Å². The van der Waals surface area contributed by atoms with Gasteiger partial charge in [0, 0.05) is 0 Å². The van der Waals surface area contributed by atoms with Crippen LogP contribution in [0.25, 0.3) is 0 Å². The second kappa shape index (κ2) is 8.07. The zero-order chi connectivity index (χ0) is 21.8. The summed E-state index contributed by atoms with van der Waals surface area (Å²) in [6.07, 6.45) is 13.8. The molecule has 0 aromatic carbocycles. The molecule has 4 aliphatic rings. The van der Waals surface area contributed by atoms with E-state index in [1.807, 2.05) is 0 Å². The maximum Gasteiger partial charge on any atom is 0.0578 e. The van der Waals surface area contributed by atoms with E-state index >= 15 is 0 Å². The summed E-state index contributed by atoms with van der Waals surface area (Å²) in [7, 11) is 0. The Morgan fingerprint density at radius 1 is 0.967 bits per heavy atom. The molecule has 4 aliphatic carbocycles. The Kier molecular flexibility index (Phi) is 6.08. The van der Waals surface area contributed by atoms with Crippen LogP contribution in [0.3, 0.4) is 0 Å². The first-order valence-corrected chi connectivity index (χ1v) is 12.8. The number of aliphatic hydroxyl groups excluding tert-OH is 2. The molecule has 9 atom stereocenters. The molecule has 4 rings (SSSR count). The van der Waals surface area contributed by atoms with E-state index in [0.717, 1.165) is 31.6 Å². The fourth-order valence-electron chi connectivity index (χ4n) is 8.16. The summed E-state index contributed by atoms with van der Waals surface area (Å²) in [4.78, 5) is 0. The van der Waals surface area contributed by atoms with Gasteiger partial charge in [-0.1, -0.05) is 64.8 Å². The Labute approximate surface area is 185 Å². The molecule has 0 aromatic rings. The molecule has 0 bridgehead atoms. The van der Waals surface area contributed by atoms with Gasteiger partial charge in [0.25, 0.3) is 0 Å². The Morgan fingerprint density at radius 3 is 2.40 bits per heavy atom. The van der Waals surface area contributed by atoms with Crippen LogP contribution in [0.1, 0.15) is 92.9 Å². The highest BCUT2D eigenvalue weighted by Crippen LogP contribution is 2.66. The lowest BCUT2D eigenvalue weighted by Gasteiger charge is -2.55. The molecule has 30 heavy (non-hydrogen) atoms. The third-order valence-corrected chi connectivity index (χ3v) is 10.6. The lowest BCUT2D eigenvalue weighted by molar-refractivity contribution is 0.0133. The van der Waals surface area contributed by atoms with Gasteiger partial charge in [-0.2, -0.15) is 0 Å². The molecule has 0 spiro atoms. The summed E-state index contributed by atoms with van der Waals surface area (Å²) in [5.41, 5.74) is 3.90. The van der Waals surface area contributed by atoms with E-state index in [1.165, 1.54) is 31.3 Å². The van der Waals surface area contributed by atoms with Gasteiger partial charge in [-0.3, -0.25) is 0 Å². The number of fused-ring (bicyclic) bond motifs is 5. The molecule has 0 radical (unpaired) electrons. The number of hydrogen-bond acceptors (Lipinski definition) is 2. The summed E-state index contributed by atoms with van der Waals surface area (Å²) in [6, 6.07) is 0. The molecule has 0 aliphatic heterocycles. The standard InChI is InChI=1S/C28H46O2/c1-17(2)19(4)26(30)15-18(3)23-9-10-24-22-8-7-20-16-21(29)11-13-27(20,5)25(22)12-14-28(23,24)6/h7-8,17-19,21,23-26,29-30H,9-16H2,1-6H3/t18?,19?,21?,23-,24+,25+,26?,27+,28-/m1/s1. The molecule has 3 fully saturated rings. The number of allylic oxidation sites excluding steroid dienone is 3. The van der Waals surface area contributed by atoms with Crippen LogP contribution in [-0.4, -0.2) is 22.4 Å². The zero-order valence-electron chi connectivity index (χ0n) is 20.3. The predicted octanol–water partition coefficient (Wildman–Crippen LogP) is 6.53. The van der Waals surface area contributed by atoms with Crippen LogP contribution in [0.5, 0.6) is 0 Å². The smallest absolute Gasteiger partial charge is 0.0578 e. The van der Waals surface area contributed by atoms with E-state index in [1.54, 1.807) is 5.57 Å². The van der Waals surface area contributed by atoms with Crippen molar-refractivity contribution in [3.63, 3.8) is 0 Å². The number of hydrogen-bond donors (Lipinski definition) is 2. The van der Waals surface area contributed by atoms with Crippen LogP contribution < -0.4 is 0 Å². The van der Waals surface area contributed by atoms with Crippen molar-refractivity contribution in [2.45, 2.75) is 105 Å². The lowest BCUT2D eigenvalue weighted by atomic mass is 9.50. The fourth-order valence-corrected chi connectivity index (χ4v) is 8.16. The normalized spacial score (nSPS) is 43.8. The molecule has 3 saturated carbocycles. The second-order valence-electron chi connectivity index (χ2n) is 12.4. The van der Waals surface area contributed by atoms with E-state index in [2.05, 4.69) is 53.7 Å². The molecule has 170 valence electrons. The summed E-state index contributed by atoms with van der Waals surface area (Å²) in [6.45, 7) is 14.2. The van der Waals surface area contributed by atoms with Crippen molar-refractivity contribution in [1.82, 2.24) is 0 Å². The molecule has 0 amide bonds. The highest BCUT2D eigenvalue weighted by molar-refractivity contribution is 5.38. The van der Waals surface area contributed by atoms with Crippen LogP contribution in [0.15, 0.2) is 23.3 Å². The fraction of sp³-hybridized carbons (Fsp3) is 0.857. The van der Waals surface area contributed by atoms with Crippen LogP contribution >= 0.6 is 0 Å². The Hall–Kier alpha value is -0.600. The predicted molar refractivity (Wildman–Crippen MR) is 125 cm³/mol. The molecular weight excluding hydrogens is 368 g/mol. The van der Waals surface area contributed by atoms with E-state index in [4.69, 9.17) is 0 Å². The van der Waals surface area contributed by atoms with Crippen molar-refractivity contribution < 1.29 is 10.2 Å². The van der Waals surface area contributed by atoms with E-state index in [-0.39, 0.29) is 17.6 Å². The SMILES string of the molecule is CC(C)C(C)C(O)CC(C)[C@H]1CC[C@H]2C3=CC=C4CC(O)CC[C@]4(C)[C@H]3CC[C@]12C. The van der Waals surface area contributed by atoms with Crippen LogP contribution in [-0.2, 0) is 0 Å². The highest BCUT2D eigenvalue weighted by Gasteiger charge is 2.57. The van der Waals surface area contributed by atoms with E-state index in [9.17, 15) is 10.2 Å². The third kappa shape index (κ3) is 3.54. The molecule has 0 heterocycles. The molecular formula is C28H46O2. The summed E-state index contributed by atoms with van der Waals surface area (Å²) in [5.74, 6) is 3.62. The average Bonchev–Trinajstić information content (AvgIpc) is 3.05. The average molecular weight is 415 g/mol. The minimum atomic E-state index is -0.175. The van der Waals surface area contributed by atoms with Crippen molar-refractivity contribution >= 4 is 0 Å². The van der Waals surface area contributed by atoms with Crippen molar-refractivity contribution in [2.75, 3.05) is 0 Å². The molecule has 0 saturated heterocycles. The third-order valence-electron chi connectivity index (χ3n) is 10.6. The van der Waals surface area contributed by atoms with Gasteiger partial charge in [-0.25, -0.2) is 0 Å². The number of aliphatic hydroxyl groups is 2. The minimum absolute atomic E-state index is 0.135. The van der Waals surface area contributed by atoms with Crippen LogP contribution in [0, 0.1) is 46.3 Å². The highest BCUT2D eigenvalue weighted by atomic mass is 16.3. The second-order valence-corrected chi connectivity index (χ2v) is 12.4. The van der Waals surface area contributed by atoms with E-state index in [0.29, 0.717) is 35.0 Å². The van der Waals surface area contributed by atoms with Crippen LogP contribution in [0.2, 0.25) is 0 Å². The van der Waals surface area contributed by atoms with Gasteiger partial charge in [-0.15, -0.1) is 0 Å². The molecule has 2 heteroatoms. The molecule has 4 unspecified atom stereocenters. The van der Waals surface area contributed by atoms with Crippen LogP contribution in [0.4, 0.5) is 0 Å². The van der Waals surface area contributed by atoms with Gasteiger partial charge in [0.1, 0.15) is 0 Å². The summed E-state index contributed by atoms with van der Waals surface area (Å²) in [5, 5.41) is 21.0. The van der Waals surface area contributed by atoms with Crippen molar-refractivity contribution in [1.29, 1.82) is 0 Å². The molecule has 2 nitrogen and oxygen atoms in total. The quantitative estimate of drug-likeness (QED) is 0.537. The summed E-state index contributed by atoms with van der Waals surface area (Å²) >= 11 is 0. The lowest BCUT2D eigenvalue weighted by Crippen LogP contribution is -2.46. The zero-order valence-corrected chi connectivity index (χ0v) is 20.3. The van der Waals surface area contributed by atoms with Gasteiger partial charge in [0.05, 0.1) is 12.2 Å². The van der Waals surface area contributed by atoms with E-state index < -0.39 is 0 Å². The Balaban J connectivity index is 1.54. The van der Waals surface area contributed by atoms with Gasteiger partial charge in [-0.05, 0) is 97.7 Å². The molecule has 2 N–H and O–H groups in total.